The minimum Gasteiger partial charge on any atom is -0.351 e. The zero-order valence-electron chi connectivity index (χ0n) is 17.1. The zero-order chi connectivity index (χ0) is 19.4. The SMILES string of the molecule is Cc1nn(C)c(C)c1-c1cccc(C(=O)NCCN(C(C)C)C(C)C)c1. The number of hydrogen-bond donors (Lipinski definition) is 1. The van der Waals surface area contributed by atoms with E-state index in [1.165, 1.54) is 0 Å². The van der Waals surface area contributed by atoms with Crippen LogP contribution < -0.4 is 5.32 Å². The van der Waals surface area contributed by atoms with Crippen molar-refractivity contribution >= 4 is 5.91 Å². The van der Waals surface area contributed by atoms with Gasteiger partial charge >= 0.3 is 0 Å². The monoisotopic (exact) mass is 356 g/mol. The van der Waals surface area contributed by atoms with Gasteiger partial charge in [0.1, 0.15) is 0 Å². The molecule has 0 radical (unpaired) electrons. The lowest BCUT2D eigenvalue weighted by molar-refractivity contribution is 0.0939. The first kappa shape index (κ1) is 20.2. The van der Waals surface area contributed by atoms with Crippen LogP contribution in [0.1, 0.15) is 49.4 Å². The van der Waals surface area contributed by atoms with Crippen LogP contribution >= 0.6 is 0 Å². The number of nitrogens with one attached hydrogen (secondary N) is 1. The average molecular weight is 357 g/mol. The van der Waals surface area contributed by atoms with Crippen LogP contribution in [0.3, 0.4) is 0 Å². The standard InChI is InChI=1S/C21H32N4O/c1-14(2)25(15(3)4)12-11-22-21(26)19-10-8-9-18(13-19)20-16(5)23-24(7)17(20)6/h8-10,13-15H,11-12H2,1-7H3,(H,22,26). The molecule has 0 aliphatic heterocycles. The number of amides is 1. The van der Waals surface area contributed by atoms with Crippen LogP contribution in [-0.4, -0.2) is 45.8 Å². The highest BCUT2D eigenvalue weighted by Gasteiger charge is 2.15. The molecule has 1 heterocycles. The van der Waals surface area contributed by atoms with Crippen molar-refractivity contribution in [2.24, 2.45) is 7.05 Å². The highest BCUT2D eigenvalue weighted by Crippen LogP contribution is 2.27. The number of nitrogens with zero attached hydrogens (tertiary/aromatic N) is 3. The van der Waals surface area contributed by atoms with Crippen LogP contribution in [-0.2, 0) is 7.05 Å². The van der Waals surface area contributed by atoms with Crippen LogP contribution in [0.15, 0.2) is 24.3 Å². The molecule has 1 amide bonds. The molecule has 1 aromatic carbocycles. The van der Waals surface area contributed by atoms with Crippen LogP contribution in [0.4, 0.5) is 0 Å². The van der Waals surface area contributed by atoms with Gasteiger partial charge < -0.3 is 5.32 Å². The van der Waals surface area contributed by atoms with Crippen molar-refractivity contribution < 1.29 is 4.79 Å². The van der Waals surface area contributed by atoms with Crippen LogP contribution in [0, 0.1) is 13.8 Å². The van der Waals surface area contributed by atoms with Crippen molar-refractivity contribution in [1.29, 1.82) is 0 Å². The van der Waals surface area contributed by atoms with Gasteiger partial charge in [0.2, 0.25) is 0 Å². The Morgan fingerprint density at radius 3 is 2.38 bits per heavy atom. The Morgan fingerprint density at radius 1 is 1.19 bits per heavy atom. The van der Waals surface area contributed by atoms with E-state index in [9.17, 15) is 4.79 Å². The summed E-state index contributed by atoms with van der Waals surface area (Å²) >= 11 is 0. The van der Waals surface area contributed by atoms with Gasteiger partial charge in [0.05, 0.1) is 5.69 Å². The smallest absolute Gasteiger partial charge is 0.251 e. The second-order valence-electron chi connectivity index (χ2n) is 7.43. The quantitative estimate of drug-likeness (QED) is 0.825. The molecule has 0 atom stereocenters. The summed E-state index contributed by atoms with van der Waals surface area (Å²) in [7, 11) is 1.94. The van der Waals surface area contributed by atoms with Gasteiger partial charge in [0.25, 0.3) is 5.91 Å². The number of hydrogen-bond acceptors (Lipinski definition) is 3. The van der Waals surface area contributed by atoms with Crippen molar-refractivity contribution in [3.63, 3.8) is 0 Å². The molecule has 0 saturated carbocycles. The van der Waals surface area contributed by atoms with Crippen molar-refractivity contribution in [1.82, 2.24) is 20.0 Å². The third-order valence-electron chi connectivity index (χ3n) is 4.90. The topological polar surface area (TPSA) is 50.2 Å². The summed E-state index contributed by atoms with van der Waals surface area (Å²) in [6.45, 7) is 14.3. The number of benzene rings is 1. The Kier molecular flexibility index (Phi) is 6.59. The molecular weight excluding hydrogens is 324 g/mol. The van der Waals surface area contributed by atoms with Gasteiger partial charge in [-0.25, -0.2) is 0 Å². The molecule has 1 aromatic heterocycles. The summed E-state index contributed by atoms with van der Waals surface area (Å²) in [5, 5.41) is 7.52. The normalized spacial score (nSPS) is 11.6. The fourth-order valence-electron chi connectivity index (χ4n) is 3.52. The average Bonchev–Trinajstić information content (AvgIpc) is 2.83. The molecule has 0 aliphatic rings. The molecular formula is C21H32N4O. The molecule has 0 bridgehead atoms. The summed E-state index contributed by atoms with van der Waals surface area (Å²) in [6.07, 6.45) is 0. The molecule has 5 nitrogen and oxygen atoms in total. The van der Waals surface area contributed by atoms with Gasteiger partial charge in [-0.15, -0.1) is 0 Å². The summed E-state index contributed by atoms with van der Waals surface area (Å²) in [5.41, 5.74) is 4.90. The summed E-state index contributed by atoms with van der Waals surface area (Å²) in [4.78, 5) is 14.9. The number of aromatic nitrogens is 2. The van der Waals surface area contributed by atoms with Crippen LogP contribution in [0.5, 0.6) is 0 Å². The highest BCUT2D eigenvalue weighted by atomic mass is 16.1. The van der Waals surface area contributed by atoms with Crippen LogP contribution in [0.25, 0.3) is 11.1 Å². The van der Waals surface area contributed by atoms with Crippen LogP contribution in [0.2, 0.25) is 0 Å². The molecule has 0 aliphatic carbocycles. The van der Waals surface area contributed by atoms with E-state index in [1.54, 1.807) is 0 Å². The molecule has 142 valence electrons. The Labute approximate surface area is 157 Å². The van der Waals surface area contributed by atoms with E-state index in [4.69, 9.17) is 0 Å². The molecule has 2 aromatic rings. The van der Waals surface area contributed by atoms with Gasteiger partial charge in [0.15, 0.2) is 0 Å². The van der Waals surface area contributed by atoms with Gasteiger partial charge in [-0.3, -0.25) is 14.4 Å². The largest absolute Gasteiger partial charge is 0.351 e. The first-order valence-corrected chi connectivity index (χ1v) is 9.37. The minimum absolute atomic E-state index is 0.0292. The first-order chi connectivity index (χ1) is 12.2. The minimum atomic E-state index is -0.0292. The molecule has 0 fully saturated rings. The van der Waals surface area contributed by atoms with E-state index in [1.807, 2.05) is 42.9 Å². The predicted molar refractivity (Wildman–Crippen MR) is 107 cm³/mol. The lowest BCUT2D eigenvalue weighted by Crippen LogP contribution is -2.42. The third kappa shape index (κ3) is 4.52. The van der Waals surface area contributed by atoms with Crippen molar-refractivity contribution in [2.45, 2.75) is 53.6 Å². The number of rotatable bonds is 7. The summed E-state index contributed by atoms with van der Waals surface area (Å²) in [5.74, 6) is -0.0292. The zero-order valence-corrected chi connectivity index (χ0v) is 17.1. The number of aryl methyl sites for hydroxylation is 2. The Bertz CT molecular complexity index is 753. The second kappa shape index (κ2) is 8.49. The first-order valence-electron chi connectivity index (χ1n) is 9.37. The maximum Gasteiger partial charge on any atom is 0.251 e. The van der Waals surface area contributed by atoms with Gasteiger partial charge in [-0.05, 0) is 59.2 Å². The lowest BCUT2D eigenvalue weighted by atomic mass is 10.0. The Morgan fingerprint density at radius 2 is 1.85 bits per heavy atom. The maximum absolute atomic E-state index is 12.6. The van der Waals surface area contributed by atoms with E-state index in [0.29, 0.717) is 24.2 Å². The molecule has 26 heavy (non-hydrogen) atoms. The lowest BCUT2D eigenvalue weighted by Gasteiger charge is -2.30. The van der Waals surface area contributed by atoms with Crippen molar-refractivity contribution in [2.75, 3.05) is 13.1 Å². The molecule has 0 saturated heterocycles. The van der Waals surface area contributed by atoms with Gasteiger partial charge in [-0.1, -0.05) is 12.1 Å². The number of carbonyl (C=O) groups excluding carboxylic acids is 1. The second-order valence-corrected chi connectivity index (χ2v) is 7.43. The Balaban J connectivity index is 2.09. The van der Waals surface area contributed by atoms with E-state index in [0.717, 1.165) is 29.1 Å². The fourth-order valence-corrected chi connectivity index (χ4v) is 3.52. The van der Waals surface area contributed by atoms with E-state index in [-0.39, 0.29) is 5.91 Å². The van der Waals surface area contributed by atoms with Gasteiger partial charge in [0, 0.05) is 49.0 Å². The molecule has 2 rings (SSSR count). The van der Waals surface area contributed by atoms with E-state index < -0.39 is 0 Å². The van der Waals surface area contributed by atoms with Crippen molar-refractivity contribution in [3.05, 3.63) is 41.2 Å². The Hall–Kier alpha value is -2.14. The number of carbonyl (C=O) groups is 1. The van der Waals surface area contributed by atoms with Crippen molar-refractivity contribution in [3.8, 4) is 11.1 Å². The third-order valence-corrected chi connectivity index (χ3v) is 4.90. The summed E-state index contributed by atoms with van der Waals surface area (Å²) < 4.78 is 1.88. The molecule has 0 unspecified atom stereocenters. The van der Waals surface area contributed by atoms with Gasteiger partial charge in [-0.2, -0.15) is 5.10 Å². The molecule has 0 spiro atoms. The predicted octanol–water partition coefficient (Wildman–Crippen LogP) is 3.55. The molecule has 1 N–H and O–H groups in total. The fraction of sp³-hybridized carbons (Fsp3) is 0.524. The van der Waals surface area contributed by atoms with E-state index >= 15 is 0 Å². The molecule has 5 heteroatoms. The maximum atomic E-state index is 12.6. The van der Waals surface area contributed by atoms with E-state index in [2.05, 4.69) is 49.9 Å². The summed E-state index contributed by atoms with van der Waals surface area (Å²) in [6, 6.07) is 8.72. The highest BCUT2D eigenvalue weighted by molar-refractivity contribution is 5.95.